The van der Waals surface area contributed by atoms with E-state index in [4.69, 9.17) is 11.6 Å². The molecule has 1 unspecified atom stereocenters. The first-order chi connectivity index (χ1) is 11.1. The molecule has 3 rings (SSSR count). The highest BCUT2D eigenvalue weighted by Gasteiger charge is 2.24. The second-order valence-corrected chi connectivity index (χ2v) is 6.67. The Kier molecular flexibility index (Phi) is 4.54. The van der Waals surface area contributed by atoms with Gasteiger partial charge < -0.3 is 5.32 Å². The third-order valence-electron chi connectivity index (χ3n) is 3.67. The van der Waals surface area contributed by atoms with Gasteiger partial charge in [0.1, 0.15) is 0 Å². The van der Waals surface area contributed by atoms with E-state index in [1.165, 1.54) is 18.2 Å². The molecule has 0 saturated heterocycles. The van der Waals surface area contributed by atoms with Crippen LogP contribution >= 0.6 is 23.4 Å². The lowest BCUT2D eigenvalue weighted by Crippen LogP contribution is -2.30. The molecule has 0 radical (unpaired) electrons. The molecule has 0 bridgehead atoms. The van der Waals surface area contributed by atoms with Gasteiger partial charge in [0.2, 0.25) is 0 Å². The monoisotopic (exact) mass is 348 g/mol. The summed E-state index contributed by atoms with van der Waals surface area (Å²) in [6, 6.07) is 11.7. The predicted molar refractivity (Wildman–Crippen MR) is 90.1 cm³/mol. The highest BCUT2D eigenvalue weighted by atomic mass is 35.5. The average molecular weight is 349 g/mol. The van der Waals surface area contributed by atoms with Crippen LogP contribution in [0, 0.1) is 10.1 Å². The van der Waals surface area contributed by atoms with Crippen molar-refractivity contribution < 1.29 is 9.72 Å². The minimum absolute atomic E-state index is 0.115. The molecular formula is C16H13ClN2O3S. The fourth-order valence-corrected chi connectivity index (χ4v) is 3.86. The van der Waals surface area contributed by atoms with Crippen molar-refractivity contribution in [2.75, 3.05) is 5.75 Å². The lowest BCUT2D eigenvalue weighted by Gasteiger charge is -2.26. The Bertz CT molecular complexity index is 782. The number of rotatable bonds is 3. The van der Waals surface area contributed by atoms with Gasteiger partial charge in [-0.25, -0.2) is 0 Å². The van der Waals surface area contributed by atoms with Crippen LogP contribution in [0.4, 0.5) is 5.69 Å². The summed E-state index contributed by atoms with van der Waals surface area (Å²) < 4.78 is 0. The van der Waals surface area contributed by atoms with Gasteiger partial charge in [0.05, 0.1) is 21.6 Å². The molecule has 2 aromatic rings. The van der Waals surface area contributed by atoms with Crippen LogP contribution in [-0.2, 0) is 0 Å². The van der Waals surface area contributed by atoms with E-state index in [0.717, 1.165) is 22.6 Å². The number of hydrogen-bond acceptors (Lipinski definition) is 4. The highest BCUT2D eigenvalue weighted by molar-refractivity contribution is 7.99. The Balaban J connectivity index is 1.86. The summed E-state index contributed by atoms with van der Waals surface area (Å²) in [5, 5.41) is 14.0. The number of amides is 1. The Labute approximate surface area is 142 Å². The molecule has 1 heterocycles. The number of hydrogen-bond donors (Lipinski definition) is 1. The van der Waals surface area contributed by atoms with Gasteiger partial charge in [0, 0.05) is 22.8 Å². The van der Waals surface area contributed by atoms with Crippen molar-refractivity contribution in [3.8, 4) is 0 Å². The summed E-state index contributed by atoms with van der Waals surface area (Å²) in [5.74, 6) is 0.510. The van der Waals surface area contributed by atoms with Crippen molar-refractivity contribution in [2.24, 2.45) is 0 Å². The van der Waals surface area contributed by atoms with E-state index < -0.39 is 10.8 Å². The number of nitrogens with one attached hydrogen (secondary N) is 1. The van der Waals surface area contributed by atoms with E-state index in [1.807, 2.05) is 24.3 Å². The third-order valence-corrected chi connectivity index (χ3v) is 5.12. The van der Waals surface area contributed by atoms with Crippen molar-refractivity contribution in [1.82, 2.24) is 5.32 Å². The number of thioether (sulfide) groups is 1. The molecule has 23 heavy (non-hydrogen) atoms. The molecule has 118 valence electrons. The summed E-state index contributed by atoms with van der Waals surface area (Å²) in [6.07, 6.45) is 0.806. The van der Waals surface area contributed by atoms with Gasteiger partial charge in [0.25, 0.3) is 11.6 Å². The summed E-state index contributed by atoms with van der Waals surface area (Å²) >= 11 is 7.78. The number of carbonyl (C=O) groups excluding carboxylic acids is 1. The van der Waals surface area contributed by atoms with Gasteiger partial charge in [-0.05, 0) is 24.1 Å². The number of carbonyl (C=O) groups is 1. The van der Waals surface area contributed by atoms with Crippen LogP contribution in [0.2, 0.25) is 5.02 Å². The average Bonchev–Trinajstić information content (AvgIpc) is 2.55. The number of nitrogens with zero attached hydrogens (tertiary/aromatic N) is 1. The number of nitro benzene ring substituents is 1. The molecule has 0 saturated carbocycles. The van der Waals surface area contributed by atoms with Gasteiger partial charge >= 0.3 is 0 Å². The number of non-ortho nitro benzene ring substituents is 1. The maximum absolute atomic E-state index is 12.5. The highest BCUT2D eigenvalue weighted by Crippen LogP contribution is 2.36. The molecular weight excluding hydrogens is 336 g/mol. The minimum atomic E-state index is -0.542. The Morgan fingerprint density at radius 1 is 1.30 bits per heavy atom. The normalized spacial score (nSPS) is 16.5. The van der Waals surface area contributed by atoms with E-state index in [2.05, 4.69) is 5.32 Å². The molecule has 1 atom stereocenters. The minimum Gasteiger partial charge on any atom is -0.345 e. The lowest BCUT2D eigenvalue weighted by atomic mass is 10.0. The SMILES string of the molecule is O=C(NC1CCSc2ccccc21)c1cc([N+](=O)[O-])ccc1Cl. The van der Waals surface area contributed by atoms with Gasteiger partial charge in [0.15, 0.2) is 0 Å². The van der Waals surface area contributed by atoms with E-state index in [0.29, 0.717) is 0 Å². The van der Waals surface area contributed by atoms with E-state index in [-0.39, 0.29) is 22.3 Å². The number of nitro groups is 1. The molecule has 1 amide bonds. The largest absolute Gasteiger partial charge is 0.345 e. The molecule has 0 spiro atoms. The molecule has 0 aliphatic carbocycles. The van der Waals surface area contributed by atoms with Crippen molar-refractivity contribution in [3.05, 3.63) is 68.7 Å². The van der Waals surface area contributed by atoms with E-state index in [9.17, 15) is 14.9 Å². The summed E-state index contributed by atoms with van der Waals surface area (Å²) in [7, 11) is 0. The standard InChI is InChI=1S/C16H13ClN2O3S/c17-13-6-5-10(19(21)22)9-12(13)16(20)18-14-7-8-23-15-4-2-1-3-11(14)15/h1-6,9,14H,7-8H2,(H,18,20). The van der Waals surface area contributed by atoms with E-state index in [1.54, 1.807) is 11.8 Å². The molecule has 1 aliphatic rings. The van der Waals surface area contributed by atoms with Gasteiger partial charge in [-0.15, -0.1) is 11.8 Å². The number of fused-ring (bicyclic) bond motifs is 1. The van der Waals surface area contributed by atoms with Gasteiger partial charge in [-0.3, -0.25) is 14.9 Å². The quantitative estimate of drug-likeness (QED) is 0.666. The molecule has 5 nitrogen and oxygen atoms in total. The van der Waals surface area contributed by atoms with Crippen LogP contribution in [0.15, 0.2) is 47.4 Å². The van der Waals surface area contributed by atoms with Crippen LogP contribution in [0.5, 0.6) is 0 Å². The zero-order valence-electron chi connectivity index (χ0n) is 12.0. The molecule has 1 aliphatic heterocycles. The smallest absolute Gasteiger partial charge is 0.270 e. The van der Waals surface area contributed by atoms with Crippen LogP contribution in [0.1, 0.15) is 28.4 Å². The predicted octanol–water partition coefficient (Wildman–Crippen LogP) is 4.22. The van der Waals surface area contributed by atoms with Crippen LogP contribution in [-0.4, -0.2) is 16.6 Å². The van der Waals surface area contributed by atoms with Crippen molar-refractivity contribution >= 4 is 35.0 Å². The number of halogens is 1. The van der Waals surface area contributed by atoms with E-state index >= 15 is 0 Å². The fraction of sp³-hybridized carbons (Fsp3) is 0.188. The maximum atomic E-state index is 12.5. The fourth-order valence-electron chi connectivity index (χ4n) is 2.53. The second kappa shape index (κ2) is 6.60. The topological polar surface area (TPSA) is 72.2 Å². The lowest BCUT2D eigenvalue weighted by molar-refractivity contribution is -0.384. The first-order valence-electron chi connectivity index (χ1n) is 7.03. The van der Waals surface area contributed by atoms with Crippen LogP contribution in [0.25, 0.3) is 0 Å². The summed E-state index contributed by atoms with van der Waals surface area (Å²) in [5.41, 5.74) is 1.04. The maximum Gasteiger partial charge on any atom is 0.270 e. The van der Waals surface area contributed by atoms with Gasteiger partial charge in [-0.2, -0.15) is 0 Å². The van der Waals surface area contributed by atoms with Gasteiger partial charge in [-0.1, -0.05) is 29.8 Å². The summed E-state index contributed by atoms with van der Waals surface area (Å²) in [6.45, 7) is 0. The summed E-state index contributed by atoms with van der Waals surface area (Å²) in [4.78, 5) is 24.0. The zero-order valence-corrected chi connectivity index (χ0v) is 13.6. The Morgan fingerprint density at radius 2 is 2.09 bits per heavy atom. The molecule has 0 fully saturated rings. The van der Waals surface area contributed by atoms with Crippen molar-refractivity contribution in [2.45, 2.75) is 17.4 Å². The Morgan fingerprint density at radius 3 is 2.87 bits per heavy atom. The van der Waals surface area contributed by atoms with Crippen LogP contribution in [0.3, 0.4) is 0 Å². The first kappa shape index (κ1) is 15.8. The van der Waals surface area contributed by atoms with Crippen LogP contribution < -0.4 is 5.32 Å². The van der Waals surface area contributed by atoms with Crippen molar-refractivity contribution in [1.29, 1.82) is 0 Å². The molecule has 7 heteroatoms. The first-order valence-corrected chi connectivity index (χ1v) is 8.39. The second-order valence-electron chi connectivity index (χ2n) is 5.12. The molecule has 0 aromatic heterocycles. The Hall–Kier alpha value is -2.05. The number of benzene rings is 2. The third kappa shape index (κ3) is 3.33. The zero-order chi connectivity index (χ0) is 16.4. The molecule has 2 aromatic carbocycles. The molecule has 1 N–H and O–H groups in total. The van der Waals surface area contributed by atoms with Crippen molar-refractivity contribution in [3.63, 3.8) is 0 Å².